The smallest absolute Gasteiger partial charge is 0.229 e. The molecule has 2 fully saturated rings. The van der Waals surface area contributed by atoms with Crippen LogP contribution in [0.4, 0.5) is 10.3 Å². The number of halogens is 1. The van der Waals surface area contributed by atoms with Crippen molar-refractivity contribution in [2.24, 2.45) is 0 Å². The van der Waals surface area contributed by atoms with Crippen molar-refractivity contribution < 1.29 is 18.8 Å². The molecule has 180 valence electrons. The molecule has 9 heteroatoms. The summed E-state index contributed by atoms with van der Waals surface area (Å²) < 4.78 is 13.5. The highest BCUT2D eigenvalue weighted by molar-refractivity contribution is 5.97. The van der Waals surface area contributed by atoms with E-state index in [0.29, 0.717) is 31.8 Å². The van der Waals surface area contributed by atoms with E-state index < -0.39 is 0 Å². The number of piperidine rings is 2. The largest absolute Gasteiger partial charge is 0.347 e. The van der Waals surface area contributed by atoms with Crippen molar-refractivity contribution in [2.45, 2.75) is 51.0 Å². The number of likely N-dealkylation sites (tertiary alicyclic amines) is 2. The lowest BCUT2D eigenvalue weighted by atomic mass is 9.93. The zero-order chi connectivity index (χ0) is 24.2. The average Bonchev–Trinajstić information content (AvgIpc) is 2.84. The number of anilines is 1. The van der Waals surface area contributed by atoms with Crippen molar-refractivity contribution in [3.63, 3.8) is 0 Å². The molecule has 1 aromatic carbocycles. The van der Waals surface area contributed by atoms with Crippen LogP contribution >= 0.6 is 0 Å². The maximum Gasteiger partial charge on any atom is 0.229 e. The zero-order valence-electron chi connectivity index (χ0n) is 19.7. The molecule has 0 N–H and O–H groups in total. The lowest BCUT2D eigenvalue weighted by molar-refractivity contribution is -0.148. The van der Waals surface area contributed by atoms with E-state index in [2.05, 4.69) is 4.98 Å². The summed E-state index contributed by atoms with van der Waals surface area (Å²) in [5.74, 6) is -0.310. The van der Waals surface area contributed by atoms with Crippen LogP contribution < -0.4 is 4.90 Å². The van der Waals surface area contributed by atoms with E-state index in [1.165, 1.54) is 17.0 Å². The molecule has 3 amide bonds. The summed E-state index contributed by atoms with van der Waals surface area (Å²) in [6, 6.07) is 5.91. The fourth-order valence-corrected chi connectivity index (χ4v) is 4.62. The molecule has 0 radical (unpaired) electrons. The Morgan fingerprint density at radius 1 is 1.09 bits per heavy atom. The minimum atomic E-state index is -0.326. The van der Waals surface area contributed by atoms with Crippen LogP contribution in [0.3, 0.4) is 0 Å². The van der Waals surface area contributed by atoms with Gasteiger partial charge in [0.25, 0.3) is 0 Å². The Hall–Kier alpha value is -3.36. The van der Waals surface area contributed by atoms with E-state index in [1.54, 1.807) is 23.2 Å². The van der Waals surface area contributed by atoms with Gasteiger partial charge >= 0.3 is 0 Å². The Morgan fingerprint density at radius 3 is 2.47 bits per heavy atom. The minimum Gasteiger partial charge on any atom is -0.347 e. The van der Waals surface area contributed by atoms with Gasteiger partial charge in [-0.25, -0.2) is 14.4 Å². The Kier molecular flexibility index (Phi) is 7.19. The van der Waals surface area contributed by atoms with Gasteiger partial charge in [0, 0.05) is 58.2 Å². The number of amides is 3. The number of nitrogens with zero attached hydrogens (tertiary/aromatic N) is 5. The van der Waals surface area contributed by atoms with Gasteiger partial charge < -0.3 is 9.80 Å². The van der Waals surface area contributed by atoms with Crippen LogP contribution in [-0.4, -0.2) is 64.7 Å². The first kappa shape index (κ1) is 23.8. The van der Waals surface area contributed by atoms with Crippen molar-refractivity contribution in [3.05, 3.63) is 42.0 Å². The number of benzene rings is 1. The molecule has 3 heterocycles. The van der Waals surface area contributed by atoms with Gasteiger partial charge in [0.1, 0.15) is 5.82 Å². The van der Waals surface area contributed by atoms with E-state index in [1.807, 2.05) is 19.0 Å². The molecular formula is C25H30FN5O3. The van der Waals surface area contributed by atoms with Crippen LogP contribution in [0.15, 0.2) is 30.5 Å². The molecule has 1 atom stereocenters. The molecule has 8 nitrogen and oxygen atoms in total. The number of carbonyl (C=O) groups excluding carboxylic acids is 3. The molecular weight excluding hydrogens is 437 g/mol. The third-order valence-electron chi connectivity index (χ3n) is 6.43. The molecule has 0 spiro atoms. The highest BCUT2D eigenvalue weighted by atomic mass is 19.1. The summed E-state index contributed by atoms with van der Waals surface area (Å²) in [5.41, 5.74) is 2.27. The van der Waals surface area contributed by atoms with Gasteiger partial charge in [-0.15, -0.1) is 0 Å². The van der Waals surface area contributed by atoms with E-state index in [-0.39, 0.29) is 42.5 Å². The average molecular weight is 468 g/mol. The molecule has 2 aromatic rings. The number of aromatic nitrogens is 2. The Labute approximate surface area is 198 Å². The topological polar surface area (TPSA) is 86.7 Å². The van der Waals surface area contributed by atoms with Crippen molar-refractivity contribution in [2.75, 3.05) is 32.1 Å². The Bertz CT molecular complexity index is 1060. The SMILES string of the molecule is CN(C)c1ncc(-c2ccc(F)cc2)c([C@@H]2CCCCN2C(=O)CCN2C(=O)CCCC2=O)n1. The molecule has 0 aliphatic carbocycles. The number of carbonyl (C=O) groups is 3. The highest BCUT2D eigenvalue weighted by Crippen LogP contribution is 2.36. The predicted octanol–water partition coefficient (Wildman–Crippen LogP) is 3.33. The number of hydrogen-bond donors (Lipinski definition) is 0. The molecule has 2 saturated heterocycles. The highest BCUT2D eigenvalue weighted by Gasteiger charge is 2.33. The third kappa shape index (κ3) is 5.08. The Morgan fingerprint density at radius 2 is 1.79 bits per heavy atom. The second-order valence-corrected chi connectivity index (χ2v) is 9.01. The van der Waals surface area contributed by atoms with E-state index in [4.69, 9.17) is 4.98 Å². The monoisotopic (exact) mass is 467 g/mol. The van der Waals surface area contributed by atoms with Gasteiger partial charge in [-0.1, -0.05) is 12.1 Å². The molecule has 2 aliphatic rings. The summed E-state index contributed by atoms with van der Waals surface area (Å²) in [6.45, 7) is 0.687. The summed E-state index contributed by atoms with van der Waals surface area (Å²) in [4.78, 5) is 51.7. The van der Waals surface area contributed by atoms with Gasteiger partial charge in [-0.2, -0.15) is 0 Å². The Balaban J connectivity index is 1.62. The van der Waals surface area contributed by atoms with Crippen molar-refractivity contribution >= 4 is 23.7 Å². The first-order valence-electron chi connectivity index (χ1n) is 11.8. The molecule has 2 aliphatic heterocycles. The summed E-state index contributed by atoms with van der Waals surface area (Å²) in [7, 11) is 3.71. The van der Waals surface area contributed by atoms with Crippen molar-refractivity contribution in [1.82, 2.24) is 19.8 Å². The van der Waals surface area contributed by atoms with Crippen LogP contribution in [0.1, 0.15) is 56.7 Å². The lowest BCUT2D eigenvalue weighted by Crippen LogP contribution is -2.44. The second-order valence-electron chi connectivity index (χ2n) is 9.01. The standard InChI is InChI=1S/C25H30FN5O3/c1-29(2)25-27-16-19(17-9-11-18(26)12-10-17)24(28-25)20-6-3-4-14-30(20)23(34)13-15-31-21(32)7-5-8-22(31)33/h9-12,16,20H,3-8,13-15H2,1-2H3/t20-/m0/s1. The van der Waals surface area contributed by atoms with Crippen molar-refractivity contribution in [3.8, 4) is 11.1 Å². The first-order chi connectivity index (χ1) is 16.3. The maximum absolute atomic E-state index is 13.5. The predicted molar refractivity (Wildman–Crippen MR) is 125 cm³/mol. The second kappa shape index (κ2) is 10.3. The van der Waals surface area contributed by atoms with Gasteiger partial charge in [-0.05, 0) is 43.4 Å². The van der Waals surface area contributed by atoms with Crippen molar-refractivity contribution in [1.29, 1.82) is 0 Å². The normalized spacial score (nSPS) is 18.9. The lowest BCUT2D eigenvalue weighted by Gasteiger charge is -2.37. The van der Waals surface area contributed by atoms with Gasteiger partial charge in [0.05, 0.1) is 11.7 Å². The van der Waals surface area contributed by atoms with Crippen LogP contribution in [0.2, 0.25) is 0 Å². The molecule has 0 bridgehead atoms. The minimum absolute atomic E-state index is 0.0888. The molecule has 4 rings (SSSR count). The first-order valence-corrected chi connectivity index (χ1v) is 11.8. The van der Waals surface area contributed by atoms with Crippen LogP contribution in [0.5, 0.6) is 0 Å². The summed E-state index contributed by atoms with van der Waals surface area (Å²) in [6.07, 6.45) is 5.65. The number of imide groups is 1. The van der Waals surface area contributed by atoms with E-state index in [9.17, 15) is 18.8 Å². The fraction of sp³-hybridized carbons (Fsp3) is 0.480. The zero-order valence-corrected chi connectivity index (χ0v) is 19.7. The van der Waals surface area contributed by atoms with Crippen LogP contribution in [0.25, 0.3) is 11.1 Å². The van der Waals surface area contributed by atoms with Gasteiger partial charge in [-0.3, -0.25) is 19.3 Å². The number of hydrogen-bond acceptors (Lipinski definition) is 6. The van der Waals surface area contributed by atoms with E-state index >= 15 is 0 Å². The molecule has 34 heavy (non-hydrogen) atoms. The van der Waals surface area contributed by atoms with E-state index in [0.717, 1.165) is 36.1 Å². The quantitative estimate of drug-likeness (QED) is 0.606. The molecule has 1 aromatic heterocycles. The van der Waals surface area contributed by atoms with Gasteiger partial charge in [0.2, 0.25) is 23.7 Å². The molecule has 0 saturated carbocycles. The van der Waals surface area contributed by atoms with Crippen LogP contribution in [0, 0.1) is 5.82 Å². The summed E-state index contributed by atoms with van der Waals surface area (Å²) >= 11 is 0. The number of rotatable bonds is 6. The third-order valence-corrected chi connectivity index (χ3v) is 6.43. The summed E-state index contributed by atoms with van der Waals surface area (Å²) in [5, 5.41) is 0. The van der Waals surface area contributed by atoms with Crippen LogP contribution in [-0.2, 0) is 14.4 Å². The fourth-order valence-electron chi connectivity index (χ4n) is 4.62. The van der Waals surface area contributed by atoms with Gasteiger partial charge in [0.15, 0.2) is 0 Å². The molecule has 0 unspecified atom stereocenters. The maximum atomic E-state index is 13.5.